The molecule has 0 amide bonds. The van der Waals surface area contributed by atoms with Crippen molar-refractivity contribution in [3.63, 3.8) is 0 Å². The lowest BCUT2D eigenvalue weighted by atomic mass is 9.86. The summed E-state index contributed by atoms with van der Waals surface area (Å²) in [5, 5.41) is 0. The third-order valence-corrected chi connectivity index (χ3v) is 4.72. The monoisotopic (exact) mass is 318 g/mol. The first-order valence-electron chi connectivity index (χ1n) is 8.96. The minimum Gasteiger partial charge on any atom is -0.203 e. The molecule has 2 rings (SSSR count). The number of hydrogen-bond acceptors (Lipinski definition) is 0. The van der Waals surface area contributed by atoms with Crippen LogP contribution < -0.4 is 0 Å². The molecule has 0 radical (unpaired) electrons. The molecule has 23 heavy (non-hydrogen) atoms. The Bertz CT molecular complexity index is 569. The van der Waals surface area contributed by atoms with Gasteiger partial charge in [-0.1, -0.05) is 56.5 Å². The third kappa shape index (κ3) is 4.76. The van der Waals surface area contributed by atoms with Gasteiger partial charge in [0, 0.05) is 5.56 Å². The second kappa shape index (κ2) is 9.00. The summed E-state index contributed by atoms with van der Waals surface area (Å²) in [5.74, 6) is -0.765. The van der Waals surface area contributed by atoms with Crippen molar-refractivity contribution in [3.05, 3.63) is 53.1 Å². The fourth-order valence-corrected chi connectivity index (χ4v) is 3.32. The lowest BCUT2D eigenvalue weighted by Gasteiger charge is -2.20. The predicted octanol–water partition coefficient (Wildman–Crippen LogP) is 6.85. The predicted molar refractivity (Wildman–Crippen MR) is 94.3 cm³/mol. The van der Waals surface area contributed by atoms with Gasteiger partial charge >= 0.3 is 0 Å². The molecular weight excluding hydrogens is 290 g/mol. The second-order valence-corrected chi connectivity index (χ2v) is 6.50. The van der Waals surface area contributed by atoms with Gasteiger partial charge in [-0.3, -0.25) is 0 Å². The average molecular weight is 318 g/mol. The van der Waals surface area contributed by atoms with Crippen LogP contribution in [0.2, 0.25) is 0 Å². The zero-order chi connectivity index (χ0) is 16.7. The molecule has 0 nitrogen and oxygen atoms in total. The van der Waals surface area contributed by atoms with E-state index in [4.69, 9.17) is 0 Å². The van der Waals surface area contributed by atoms with Gasteiger partial charge in [-0.25, -0.2) is 8.78 Å². The Morgan fingerprint density at radius 1 is 1.13 bits per heavy atom. The highest BCUT2D eigenvalue weighted by Crippen LogP contribution is 2.33. The topological polar surface area (TPSA) is 0 Å². The number of unbranched alkanes of at least 4 members (excludes halogenated alkanes) is 3. The van der Waals surface area contributed by atoms with Crippen LogP contribution in [0, 0.1) is 17.6 Å². The Morgan fingerprint density at radius 3 is 2.61 bits per heavy atom. The summed E-state index contributed by atoms with van der Waals surface area (Å²) in [4.78, 5) is 0. The van der Waals surface area contributed by atoms with Crippen LogP contribution in [-0.2, 0) is 6.42 Å². The van der Waals surface area contributed by atoms with E-state index in [1.165, 1.54) is 0 Å². The molecule has 0 fully saturated rings. The van der Waals surface area contributed by atoms with Crippen molar-refractivity contribution in [1.82, 2.24) is 0 Å². The van der Waals surface area contributed by atoms with Crippen LogP contribution in [0.3, 0.4) is 0 Å². The first-order valence-corrected chi connectivity index (χ1v) is 8.96. The molecule has 0 bridgehead atoms. The van der Waals surface area contributed by atoms with Crippen molar-refractivity contribution in [2.24, 2.45) is 5.92 Å². The van der Waals surface area contributed by atoms with Crippen molar-refractivity contribution in [2.45, 2.75) is 65.2 Å². The Hall–Kier alpha value is -1.44. The summed E-state index contributed by atoms with van der Waals surface area (Å²) in [6, 6.07) is 3.55. The van der Waals surface area contributed by atoms with Gasteiger partial charge in [-0.2, -0.15) is 0 Å². The molecule has 1 unspecified atom stereocenters. The van der Waals surface area contributed by atoms with E-state index in [1.54, 1.807) is 12.1 Å². The van der Waals surface area contributed by atoms with Gasteiger partial charge < -0.3 is 0 Å². The molecule has 0 saturated carbocycles. The van der Waals surface area contributed by atoms with Gasteiger partial charge in [-0.15, -0.1) is 0 Å². The Labute approximate surface area is 139 Å². The van der Waals surface area contributed by atoms with E-state index in [-0.39, 0.29) is 0 Å². The number of hydrogen-bond donors (Lipinski definition) is 0. The molecule has 1 aromatic rings. The summed E-state index contributed by atoms with van der Waals surface area (Å²) in [5.41, 5.74) is 1.93. The molecule has 0 aromatic heterocycles. The lowest BCUT2D eigenvalue weighted by molar-refractivity contribution is 0.491. The van der Waals surface area contributed by atoms with Gasteiger partial charge in [0.1, 0.15) is 0 Å². The van der Waals surface area contributed by atoms with E-state index in [2.05, 4.69) is 25.2 Å². The maximum Gasteiger partial charge on any atom is 0.166 e. The van der Waals surface area contributed by atoms with E-state index in [0.717, 1.165) is 50.5 Å². The van der Waals surface area contributed by atoms with Crippen molar-refractivity contribution in [1.29, 1.82) is 0 Å². The molecule has 0 saturated heterocycles. The summed E-state index contributed by atoms with van der Waals surface area (Å²) in [6.45, 7) is 4.17. The number of rotatable bonds is 7. The first kappa shape index (κ1) is 17.9. The van der Waals surface area contributed by atoms with E-state index >= 15 is 0 Å². The van der Waals surface area contributed by atoms with Crippen LogP contribution >= 0.6 is 0 Å². The van der Waals surface area contributed by atoms with Crippen LogP contribution in [0.5, 0.6) is 0 Å². The number of benzene rings is 1. The minimum absolute atomic E-state index is 0.457. The third-order valence-electron chi connectivity index (χ3n) is 4.72. The maximum atomic E-state index is 14.4. The van der Waals surface area contributed by atoms with Gasteiger partial charge in [0.15, 0.2) is 11.6 Å². The van der Waals surface area contributed by atoms with Gasteiger partial charge in [0.25, 0.3) is 0 Å². The number of allylic oxidation sites excluding steroid dienone is 4. The van der Waals surface area contributed by atoms with E-state index < -0.39 is 11.6 Å². The molecule has 2 heteroatoms. The standard InChI is InChI=1S/C21H28F2/c1-3-5-6-7-9-18-14-15-19(21(23)20(18)22)17-12-10-16(8-4-2)11-13-17/h4,8,12,14-16H,3,5-7,9-11,13H2,1-2H3. The van der Waals surface area contributed by atoms with Crippen molar-refractivity contribution in [2.75, 3.05) is 0 Å². The number of aryl methyl sites for hydroxylation is 1. The highest BCUT2D eigenvalue weighted by molar-refractivity contribution is 5.67. The van der Waals surface area contributed by atoms with Crippen LogP contribution in [0.1, 0.15) is 69.9 Å². The zero-order valence-electron chi connectivity index (χ0n) is 14.4. The average Bonchev–Trinajstić information content (AvgIpc) is 2.57. The summed E-state index contributed by atoms with van der Waals surface area (Å²) >= 11 is 0. The molecule has 0 heterocycles. The maximum absolute atomic E-state index is 14.4. The highest BCUT2D eigenvalue weighted by Gasteiger charge is 2.19. The Kier molecular flexibility index (Phi) is 7.01. The summed E-state index contributed by atoms with van der Waals surface area (Å²) < 4.78 is 28.7. The van der Waals surface area contributed by atoms with E-state index in [9.17, 15) is 8.78 Å². The van der Waals surface area contributed by atoms with Crippen molar-refractivity contribution in [3.8, 4) is 0 Å². The molecule has 0 spiro atoms. The van der Waals surface area contributed by atoms with Crippen molar-refractivity contribution < 1.29 is 8.78 Å². The quantitative estimate of drug-likeness (QED) is 0.381. The highest BCUT2D eigenvalue weighted by atomic mass is 19.2. The Balaban J connectivity index is 2.08. The molecule has 126 valence electrons. The lowest BCUT2D eigenvalue weighted by Crippen LogP contribution is -2.05. The van der Waals surface area contributed by atoms with Gasteiger partial charge in [-0.05, 0) is 56.1 Å². The molecule has 1 aliphatic carbocycles. The SMILES string of the molecule is CC=CC1CC=C(c2ccc(CCCCCC)c(F)c2F)CC1. The first-order chi connectivity index (χ1) is 11.2. The minimum atomic E-state index is -0.659. The molecule has 0 aliphatic heterocycles. The normalized spacial score (nSPS) is 18.4. The van der Waals surface area contributed by atoms with Crippen LogP contribution in [0.4, 0.5) is 8.78 Å². The fraction of sp³-hybridized carbons (Fsp3) is 0.524. The smallest absolute Gasteiger partial charge is 0.166 e. The van der Waals surface area contributed by atoms with Crippen LogP contribution in [0.25, 0.3) is 5.57 Å². The van der Waals surface area contributed by atoms with Crippen LogP contribution in [-0.4, -0.2) is 0 Å². The van der Waals surface area contributed by atoms with E-state index in [1.807, 2.05) is 6.92 Å². The van der Waals surface area contributed by atoms with E-state index in [0.29, 0.717) is 23.5 Å². The summed E-state index contributed by atoms with van der Waals surface area (Å²) in [7, 11) is 0. The number of halogens is 2. The van der Waals surface area contributed by atoms with Crippen molar-refractivity contribution >= 4 is 5.57 Å². The largest absolute Gasteiger partial charge is 0.203 e. The molecule has 1 aromatic carbocycles. The molecule has 1 atom stereocenters. The molecular formula is C21H28F2. The Morgan fingerprint density at radius 2 is 1.96 bits per heavy atom. The van der Waals surface area contributed by atoms with Crippen LogP contribution in [0.15, 0.2) is 30.4 Å². The summed E-state index contributed by atoms with van der Waals surface area (Å²) in [6.07, 6.45) is 14.0. The fourth-order valence-electron chi connectivity index (χ4n) is 3.32. The second-order valence-electron chi connectivity index (χ2n) is 6.50. The van der Waals surface area contributed by atoms with Gasteiger partial charge in [0.2, 0.25) is 0 Å². The zero-order valence-corrected chi connectivity index (χ0v) is 14.4. The molecule has 0 N–H and O–H groups in total. The van der Waals surface area contributed by atoms with Gasteiger partial charge in [0.05, 0.1) is 0 Å². The molecule has 1 aliphatic rings.